The highest BCUT2D eigenvalue weighted by Crippen LogP contribution is 2.51. The lowest BCUT2D eigenvalue weighted by molar-refractivity contribution is 0.143. The van der Waals surface area contributed by atoms with Gasteiger partial charge in [0.1, 0.15) is 6.33 Å². The number of rotatable bonds is 6. The van der Waals surface area contributed by atoms with Gasteiger partial charge in [0, 0.05) is 18.2 Å². The molecule has 26 heavy (non-hydrogen) atoms. The van der Waals surface area contributed by atoms with E-state index >= 15 is 0 Å². The van der Waals surface area contributed by atoms with Gasteiger partial charge in [-0.25, -0.2) is 4.98 Å². The van der Waals surface area contributed by atoms with Crippen LogP contribution >= 0.6 is 0 Å². The van der Waals surface area contributed by atoms with Crippen molar-refractivity contribution in [3.05, 3.63) is 47.8 Å². The van der Waals surface area contributed by atoms with E-state index in [1.165, 1.54) is 0 Å². The molecule has 1 aliphatic carbocycles. The minimum absolute atomic E-state index is 0.0804. The number of imidazole rings is 1. The molecule has 0 saturated heterocycles. The van der Waals surface area contributed by atoms with Crippen LogP contribution in [0, 0.1) is 5.41 Å². The normalized spacial score (nSPS) is 16.9. The van der Waals surface area contributed by atoms with Gasteiger partial charge in [-0.3, -0.25) is 4.57 Å². The van der Waals surface area contributed by atoms with Crippen LogP contribution in [0.3, 0.4) is 0 Å². The molecule has 0 spiro atoms. The molecule has 8 heteroatoms. The van der Waals surface area contributed by atoms with Crippen LogP contribution in [0.4, 0.5) is 11.8 Å². The zero-order chi connectivity index (χ0) is 18.1. The van der Waals surface area contributed by atoms with E-state index in [1.54, 1.807) is 10.9 Å². The molecule has 5 N–H and O–H groups in total. The van der Waals surface area contributed by atoms with Gasteiger partial charge in [-0.05, 0) is 17.6 Å². The fraction of sp³-hybridized carbons (Fsp3) is 0.278. The quantitative estimate of drug-likeness (QED) is 0.526. The highest BCUT2D eigenvalue weighted by Gasteiger charge is 2.48. The highest BCUT2D eigenvalue weighted by atomic mass is 16.3. The van der Waals surface area contributed by atoms with Crippen LogP contribution in [0.25, 0.3) is 17.4 Å². The molecule has 0 bridgehead atoms. The molecular weight excluding hydrogens is 332 g/mol. The van der Waals surface area contributed by atoms with Crippen molar-refractivity contribution in [2.75, 3.05) is 24.3 Å². The lowest BCUT2D eigenvalue weighted by Gasteiger charge is -2.07. The van der Waals surface area contributed by atoms with Gasteiger partial charge < -0.3 is 21.3 Å². The van der Waals surface area contributed by atoms with E-state index < -0.39 is 5.41 Å². The van der Waals surface area contributed by atoms with Crippen LogP contribution in [-0.4, -0.2) is 42.9 Å². The van der Waals surface area contributed by atoms with Gasteiger partial charge in [0.05, 0.1) is 13.2 Å². The molecule has 0 amide bonds. The van der Waals surface area contributed by atoms with Crippen molar-refractivity contribution < 1.29 is 10.2 Å². The van der Waals surface area contributed by atoms with Gasteiger partial charge in [-0.1, -0.05) is 30.3 Å². The lowest BCUT2D eigenvalue weighted by atomic mass is 10.1. The number of nitrogens with two attached hydrogens (primary N) is 1. The summed E-state index contributed by atoms with van der Waals surface area (Å²) in [5.41, 5.74) is 8.62. The Morgan fingerprint density at radius 1 is 1.19 bits per heavy atom. The van der Waals surface area contributed by atoms with E-state index in [1.807, 2.05) is 36.5 Å². The number of fused-ring (bicyclic) bond motifs is 1. The predicted octanol–water partition coefficient (Wildman–Crippen LogP) is 1.24. The molecule has 0 aliphatic heterocycles. The zero-order valence-electron chi connectivity index (χ0n) is 14.1. The number of nitrogens with one attached hydrogen (secondary N) is 1. The van der Waals surface area contributed by atoms with Crippen molar-refractivity contribution in [3.8, 4) is 0 Å². The van der Waals surface area contributed by atoms with Gasteiger partial charge in [0.2, 0.25) is 5.95 Å². The van der Waals surface area contributed by atoms with Gasteiger partial charge in [-0.2, -0.15) is 9.97 Å². The third-order valence-corrected chi connectivity index (χ3v) is 4.73. The highest BCUT2D eigenvalue weighted by molar-refractivity contribution is 5.85. The van der Waals surface area contributed by atoms with Crippen molar-refractivity contribution in [3.63, 3.8) is 0 Å². The van der Waals surface area contributed by atoms with Crippen molar-refractivity contribution in [1.29, 1.82) is 0 Å². The molecule has 0 radical (unpaired) electrons. The Labute approximate surface area is 150 Å². The van der Waals surface area contributed by atoms with Crippen LogP contribution in [0.5, 0.6) is 0 Å². The van der Waals surface area contributed by atoms with Crippen molar-refractivity contribution in [2.45, 2.75) is 13.0 Å². The maximum Gasteiger partial charge on any atom is 0.224 e. The Bertz CT molecular complexity index is 962. The standard InChI is InChI=1S/C18H20N6O2/c19-17-22-15(20-7-12-4-2-1-3-5-12)14-16(23-17)24(11-21-14)8-13-6-18(13,9-25)10-26/h1-5,8,11,25-26H,6-7,9-10H2,(H3,19,20,22,23)/b13-8-. The topological polar surface area (TPSA) is 122 Å². The lowest BCUT2D eigenvalue weighted by Crippen LogP contribution is -2.12. The van der Waals surface area contributed by atoms with Crippen LogP contribution in [-0.2, 0) is 6.54 Å². The molecule has 1 aliphatic rings. The number of aromatic nitrogens is 4. The minimum atomic E-state index is -0.524. The monoisotopic (exact) mass is 352 g/mol. The Hall–Kier alpha value is -2.97. The fourth-order valence-electron chi connectivity index (χ4n) is 2.97. The molecule has 4 rings (SSSR count). The van der Waals surface area contributed by atoms with Crippen molar-refractivity contribution in [1.82, 2.24) is 19.5 Å². The summed E-state index contributed by atoms with van der Waals surface area (Å²) >= 11 is 0. The van der Waals surface area contributed by atoms with Gasteiger partial charge in [0.15, 0.2) is 17.0 Å². The Morgan fingerprint density at radius 3 is 2.65 bits per heavy atom. The fourth-order valence-corrected chi connectivity index (χ4v) is 2.97. The third kappa shape index (κ3) is 2.89. The third-order valence-electron chi connectivity index (χ3n) is 4.73. The van der Waals surface area contributed by atoms with E-state index in [9.17, 15) is 10.2 Å². The maximum absolute atomic E-state index is 9.45. The second kappa shape index (κ2) is 6.40. The summed E-state index contributed by atoms with van der Waals surface area (Å²) in [6, 6.07) is 9.97. The molecule has 134 valence electrons. The summed E-state index contributed by atoms with van der Waals surface area (Å²) in [5.74, 6) is 0.722. The molecule has 8 nitrogen and oxygen atoms in total. The number of nitrogen functional groups attached to an aromatic ring is 1. The summed E-state index contributed by atoms with van der Waals surface area (Å²) in [5, 5.41) is 22.2. The first kappa shape index (κ1) is 16.5. The van der Waals surface area contributed by atoms with Crippen LogP contribution in [0.1, 0.15) is 12.0 Å². The molecular formula is C18H20N6O2. The molecule has 0 atom stereocenters. The second-order valence-electron chi connectivity index (χ2n) is 6.52. The molecule has 2 aromatic heterocycles. The van der Waals surface area contributed by atoms with E-state index in [0.717, 1.165) is 11.1 Å². The van der Waals surface area contributed by atoms with Gasteiger partial charge in [0.25, 0.3) is 0 Å². The van der Waals surface area contributed by atoms with Crippen molar-refractivity contribution in [2.24, 2.45) is 5.41 Å². The molecule has 0 unspecified atom stereocenters. The molecule has 1 saturated carbocycles. The minimum Gasteiger partial charge on any atom is -0.395 e. The summed E-state index contributed by atoms with van der Waals surface area (Å²) < 4.78 is 1.75. The van der Waals surface area contributed by atoms with Gasteiger partial charge >= 0.3 is 0 Å². The van der Waals surface area contributed by atoms with E-state index in [4.69, 9.17) is 5.73 Å². The Morgan fingerprint density at radius 2 is 1.96 bits per heavy atom. The van der Waals surface area contributed by atoms with E-state index in [-0.39, 0.29) is 19.2 Å². The van der Waals surface area contributed by atoms with E-state index in [2.05, 4.69) is 20.3 Å². The number of anilines is 2. The number of benzene rings is 1. The molecule has 3 aromatic rings. The Kier molecular flexibility index (Phi) is 4.06. The summed E-state index contributed by atoms with van der Waals surface area (Å²) in [6.45, 7) is 0.435. The predicted molar refractivity (Wildman–Crippen MR) is 99.0 cm³/mol. The largest absolute Gasteiger partial charge is 0.395 e. The zero-order valence-corrected chi connectivity index (χ0v) is 14.1. The number of hydrogen-bond acceptors (Lipinski definition) is 7. The number of hydrogen-bond donors (Lipinski definition) is 4. The maximum atomic E-state index is 9.45. The first-order valence-corrected chi connectivity index (χ1v) is 8.36. The number of nitrogens with zero attached hydrogens (tertiary/aromatic N) is 4. The average molecular weight is 352 g/mol. The van der Waals surface area contributed by atoms with Crippen molar-refractivity contribution >= 4 is 29.1 Å². The van der Waals surface area contributed by atoms with Crippen LogP contribution in [0.15, 0.2) is 42.2 Å². The summed E-state index contributed by atoms with van der Waals surface area (Å²) in [4.78, 5) is 13.0. The second-order valence-corrected chi connectivity index (χ2v) is 6.52. The number of aliphatic hydroxyl groups is 2. The van der Waals surface area contributed by atoms with Crippen LogP contribution in [0.2, 0.25) is 0 Å². The summed E-state index contributed by atoms with van der Waals surface area (Å²) in [6.07, 6.45) is 4.13. The molecule has 2 heterocycles. The first-order chi connectivity index (χ1) is 12.6. The first-order valence-electron chi connectivity index (χ1n) is 8.36. The van der Waals surface area contributed by atoms with Gasteiger partial charge in [-0.15, -0.1) is 0 Å². The number of aliphatic hydroxyl groups excluding tert-OH is 2. The SMILES string of the molecule is Nc1nc(NCc2ccccc2)c2ncn(/C=C3/CC3(CO)CO)c2n1. The average Bonchev–Trinajstić information content (AvgIpc) is 3.23. The smallest absolute Gasteiger partial charge is 0.224 e. The summed E-state index contributed by atoms with van der Waals surface area (Å²) in [7, 11) is 0. The molecule has 1 fully saturated rings. The van der Waals surface area contributed by atoms with Crippen LogP contribution < -0.4 is 11.1 Å². The molecule has 1 aromatic carbocycles. The van der Waals surface area contributed by atoms with E-state index in [0.29, 0.717) is 29.9 Å². The Balaban J connectivity index is 1.65.